The predicted octanol–water partition coefficient (Wildman–Crippen LogP) is 3.65. The Hall–Kier alpha value is -2.94. The third-order valence-corrected chi connectivity index (χ3v) is 5.35. The van der Waals surface area contributed by atoms with Crippen molar-refractivity contribution in [2.45, 2.75) is 71.3 Å². The fraction of sp³-hybridized carbons (Fsp3) is 0.615. The van der Waals surface area contributed by atoms with E-state index in [-0.39, 0.29) is 25.4 Å². The van der Waals surface area contributed by atoms with E-state index in [9.17, 15) is 24.3 Å². The fourth-order valence-electron chi connectivity index (χ4n) is 3.17. The van der Waals surface area contributed by atoms with E-state index in [1.165, 1.54) is 31.4 Å². The fourth-order valence-corrected chi connectivity index (χ4v) is 3.17. The van der Waals surface area contributed by atoms with Gasteiger partial charge in [0.1, 0.15) is 5.75 Å². The number of unbranched alkanes of at least 4 members (excludes halogenated alkanes) is 3. The average molecular weight is 495 g/mol. The van der Waals surface area contributed by atoms with Gasteiger partial charge in [0.25, 0.3) is 0 Å². The summed E-state index contributed by atoms with van der Waals surface area (Å²) in [4.78, 5) is 52.2. The van der Waals surface area contributed by atoms with Crippen LogP contribution in [0.5, 0.6) is 5.75 Å². The Morgan fingerprint density at radius 1 is 0.829 bits per heavy atom. The van der Waals surface area contributed by atoms with Gasteiger partial charge in [-0.15, -0.1) is 0 Å². The molecule has 9 nitrogen and oxygen atoms in total. The minimum atomic E-state index is -2.81. The van der Waals surface area contributed by atoms with Crippen molar-refractivity contribution in [3.63, 3.8) is 0 Å². The van der Waals surface area contributed by atoms with E-state index < -0.39 is 41.6 Å². The van der Waals surface area contributed by atoms with Gasteiger partial charge < -0.3 is 24.1 Å². The van der Waals surface area contributed by atoms with Crippen LogP contribution in [-0.4, -0.2) is 61.3 Å². The summed E-state index contributed by atoms with van der Waals surface area (Å²) >= 11 is 0. The molecule has 9 heteroatoms. The summed E-state index contributed by atoms with van der Waals surface area (Å²) in [5.41, 5.74) is -2.78. The molecule has 196 valence electrons. The highest BCUT2D eigenvalue weighted by atomic mass is 16.6. The van der Waals surface area contributed by atoms with Gasteiger partial charge in [-0.3, -0.25) is 14.4 Å². The second-order valence-corrected chi connectivity index (χ2v) is 8.21. The van der Waals surface area contributed by atoms with Crippen LogP contribution in [0.25, 0.3) is 0 Å². The lowest BCUT2D eigenvalue weighted by Gasteiger charge is -2.31. The minimum Gasteiger partial charge on any atom is -0.497 e. The maximum Gasteiger partial charge on any atom is 0.340 e. The summed E-state index contributed by atoms with van der Waals surface area (Å²) in [6, 6.07) is 5.81. The van der Waals surface area contributed by atoms with E-state index in [4.69, 9.17) is 18.9 Å². The summed E-state index contributed by atoms with van der Waals surface area (Å²) < 4.78 is 20.6. The van der Waals surface area contributed by atoms with Crippen LogP contribution in [0, 0.1) is 5.92 Å². The van der Waals surface area contributed by atoms with Crippen LogP contribution >= 0.6 is 0 Å². The van der Waals surface area contributed by atoms with Crippen molar-refractivity contribution in [2.75, 3.05) is 26.9 Å². The number of benzene rings is 1. The number of aliphatic hydroxyl groups is 1. The molecule has 1 rings (SSSR count). The topological polar surface area (TPSA) is 125 Å². The second kappa shape index (κ2) is 15.9. The van der Waals surface area contributed by atoms with Crippen molar-refractivity contribution in [2.24, 2.45) is 5.92 Å². The third kappa shape index (κ3) is 9.32. The number of hydrogen-bond acceptors (Lipinski definition) is 9. The summed E-state index contributed by atoms with van der Waals surface area (Å²) in [5.74, 6) is -5.74. The van der Waals surface area contributed by atoms with Gasteiger partial charge in [0.15, 0.2) is 17.3 Å². The Labute approximate surface area is 207 Å². The van der Waals surface area contributed by atoms with Gasteiger partial charge in [0.2, 0.25) is 0 Å². The van der Waals surface area contributed by atoms with Gasteiger partial charge in [0, 0.05) is 5.56 Å². The molecular weight excluding hydrogens is 456 g/mol. The summed E-state index contributed by atoms with van der Waals surface area (Å²) in [7, 11) is 1.46. The number of ether oxygens (including phenoxy) is 4. The van der Waals surface area contributed by atoms with Gasteiger partial charge in [-0.2, -0.15) is 0 Å². The molecule has 2 unspecified atom stereocenters. The Morgan fingerprint density at radius 3 is 1.86 bits per heavy atom. The summed E-state index contributed by atoms with van der Waals surface area (Å²) in [6.07, 6.45) is 2.86. The van der Waals surface area contributed by atoms with Crippen molar-refractivity contribution in [1.29, 1.82) is 0 Å². The van der Waals surface area contributed by atoms with E-state index >= 15 is 0 Å². The van der Waals surface area contributed by atoms with Crippen LogP contribution in [0.3, 0.4) is 0 Å². The Morgan fingerprint density at radius 2 is 1.34 bits per heavy atom. The number of esters is 3. The van der Waals surface area contributed by atoms with E-state index in [1.807, 2.05) is 20.8 Å². The normalized spacial score (nSPS) is 13.3. The van der Waals surface area contributed by atoms with Crippen LogP contribution in [0.4, 0.5) is 0 Å². The molecule has 0 aliphatic carbocycles. The van der Waals surface area contributed by atoms with Gasteiger partial charge in [-0.05, 0) is 43.5 Å². The van der Waals surface area contributed by atoms with Crippen LogP contribution < -0.4 is 4.74 Å². The summed E-state index contributed by atoms with van der Waals surface area (Å²) in [6.45, 7) is 5.70. The summed E-state index contributed by atoms with van der Waals surface area (Å²) in [5, 5.41) is 11.5. The molecule has 1 aromatic carbocycles. The highest BCUT2D eigenvalue weighted by molar-refractivity contribution is 6.13. The maximum absolute atomic E-state index is 13.5. The van der Waals surface area contributed by atoms with E-state index in [0.717, 1.165) is 12.8 Å². The molecule has 0 aromatic heterocycles. The van der Waals surface area contributed by atoms with E-state index in [0.29, 0.717) is 31.4 Å². The molecular formula is C26H38O9. The number of ketones is 1. The first-order valence-corrected chi connectivity index (χ1v) is 12.1. The number of Topliss-reactive ketones (excluding diaryl/α,β-unsaturated/α-hetero) is 1. The van der Waals surface area contributed by atoms with Crippen LogP contribution in [0.1, 0.15) is 76.1 Å². The number of rotatable bonds is 17. The highest BCUT2D eigenvalue weighted by Gasteiger charge is 2.55. The van der Waals surface area contributed by atoms with Crippen molar-refractivity contribution >= 4 is 23.7 Å². The zero-order chi connectivity index (χ0) is 26.3. The Bertz CT molecular complexity index is 819. The van der Waals surface area contributed by atoms with Gasteiger partial charge >= 0.3 is 17.9 Å². The molecule has 0 fully saturated rings. The monoisotopic (exact) mass is 494 g/mol. The second-order valence-electron chi connectivity index (χ2n) is 8.21. The Kier molecular flexibility index (Phi) is 13.6. The van der Waals surface area contributed by atoms with Crippen molar-refractivity contribution in [3.05, 3.63) is 29.8 Å². The smallest absolute Gasteiger partial charge is 0.340 e. The molecule has 0 heterocycles. The minimum absolute atomic E-state index is 0.0103. The molecule has 0 radical (unpaired) electrons. The number of hydrogen-bond donors (Lipinski definition) is 1. The van der Waals surface area contributed by atoms with Crippen LogP contribution in [0.15, 0.2) is 24.3 Å². The largest absolute Gasteiger partial charge is 0.497 e. The highest BCUT2D eigenvalue weighted by Crippen LogP contribution is 2.30. The van der Waals surface area contributed by atoms with E-state index in [2.05, 4.69) is 0 Å². The van der Waals surface area contributed by atoms with Gasteiger partial charge in [-0.25, -0.2) is 4.79 Å². The maximum atomic E-state index is 13.5. The number of carbonyl (C=O) groups excluding carboxylic acids is 4. The van der Waals surface area contributed by atoms with Crippen molar-refractivity contribution in [1.82, 2.24) is 0 Å². The molecule has 0 spiro atoms. The molecule has 0 saturated heterocycles. The molecule has 0 amide bonds. The first kappa shape index (κ1) is 30.1. The zero-order valence-corrected chi connectivity index (χ0v) is 21.2. The number of methoxy groups -OCH3 is 1. The predicted molar refractivity (Wildman–Crippen MR) is 128 cm³/mol. The standard InChI is InChI=1S/C26H38O9/c1-5-8-15-33-21(27)18-26(31,25(30)35-17-10-7-3)22(24(29)34-16-9-6-2)23(28)19-11-13-20(32-4)14-12-19/h11-14,22,31H,5-10,15-18H2,1-4H3. The molecule has 0 saturated carbocycles. The molecule has 1 N–H and O–H groups in total. The van der Waals surface area contributed by atoms with Gasteiger partial charge in [-0.1, -0.05) is 40.0 Å². The molecule has 0 bridgehead atoms. The first-order chi connectivity index (χ1) is 16.7. The molecule has 0 aliphatic heterocycles. The first-order valence-electron chi connectivity index (χ1n) is 12.1. The molecule has 1 aromatic rings. The molecule has 0 aliphatic rings. The lowest BCUT2D eigenvalue weighted by molar-refractivity contribution is -0.183. The van der Waals surface area contributed by atoms with Gasteiger partial charge in [0.05, 0.1) is 33.4 Å². The SMILES string of the molecule is CCCCOC(=O)CC(O)(C(=O)OCCCC)C(C(=O)OCCCC)C(=O)c1ccc(OC)cc1. The third-order valence-electron chi connectivity index (χ3n) is 5.35. The lowest BCUT2D eigenvalue weighted by atomic mass is 9.79. The van der Waals surface area contributed by atoms with Crippen LogP contribution in [-0.2, 0) is 28.6 Å². The number of carbonyl (C=O) groups is 4. The molecule has 2 atom stereocenters. The van der Waals surface area contributed by atoms with Crippen molar-refractivity contribution < 1.29 is 43.2 Å². The lowest BCUT2D eigenvalue weighted by Crippen LogP contribution is -2.55. The molecule has 35 heavy (non-hydrogen) atoms. The van der Waals surface area contributed by atoms with Crippen LogP contribution in [0.2, 0.25) is 0 Å². The van der Waals surface area contributed by atoms with Crippen molar-refractivity contribution in [3.8, 4) is 5.75 Å². The quantitative estimate of drug-likeness (QED) is 0.114. The zero-order valence-electron chi connectivity index (χ0n) is 21.2. The van der Waals surface area contributed by atoms with E-state index in [1.54, 1.807) is 0 Å². The Balaban J connectivity index is 3.41. The average Bonchev–Trinajstić information content (AvgIpc) is 2.84.